The number of hydrogen-bond acceptors (Lipinski definition) is 2. The Labute approximate surface area is 122 Å². The van der Waals surface area contributed by atoms with Crippen molar-refractivity contribution in [2.45, 2.75) is 25.7 Å². The van der Waals surface area contributed by atoms with Crippen molar-refractivity contribution < 1.29 is 9.90 Å². The van der Waals surface area contributed by atoms with E-state index in [9.17, 15) is 4.79 Å². The van der Waals surface area contributed by atoms with E-state index in [1.54, 1.807) is 18.3 Å². The van der Waals surface area contributed by atoms with Gasteiger partial charge in [-0.15, -0.1) is 0 Å². The summed E-state index contributed by atoms with van der Waals surface area (Å²) >= 11 is 12.0. The Bertz CT molecular complexity index is 478. The molecule has 1 unspecified atom stereocenters. The SMILES string of the molecule is CCCC(C=NN(C)C(=O)O)c1ccc(Cl)cc1Cl. The first kappa shape index (κ1) is 15.8. The van der Waals surface area contributed by atoms with Crippen LogP contribution in [0.2, 0.25) is 10.0 Å². The molecule has 0 spiro atoms. The van der Waals surface area contributed by atoms with Gasteiger partial charge in [-0.2, -0.15) is 5.10 Å². The van der Waals surface area contributed by atoms with Crippen molar-refractivity contribution in [3.63, 3.8) is 0 Å². The van der Waals surface area contributed by atoms with Crippen LogP contribution in [-0.2, 0) is 0 Å². The van der Waals surface area contributed by atoms with Gasteiger partial charge in [0.15, 0.2) is 0 Å². The highest BCUT2D eigenvalue weighted by Gasteiger charge is 2.13. The zero-order chi connectivity index (χ0) is 14.4. The van der Waals surface area contributed by atoms with Crippen molar-refractivity contribution in [2.75, 3.05) is 7.05 Å². The maximum atomic E-state index is 10.7. The molecule has 0 fully saturated rings. The van der Waals surface area contributed by atoms with Crippen LogP contribution in [0, 0.1) is 0 Å². The Morgan fingerprint density at radius 1 is 1.53 bits per heavy atom. The van der Waals surface area contributed by atoms with Gasteiger partial charge in [0.25, 0.3) is 0 Å². The Morgan fingerprint density at radius 2 is 2.21 bits per heavy atom. The summed E-state index contributed by atoms with van der Waals surface area (Å²) < 4.78 is 0. The Hall–Kier alpha value is -1.26. The van der Waals surface area contributed by atoms with Gasteiger partial charge in [0.05, 0.1) is 0 Å². The van der Waals surface area contributed by atoms with Gasteiger partial charge >= 0.3 is 6.09 Å². The molecule has 0 heterocycles. The lowest BCUT2D eigenvalue weighted by Gasteiger charge is -2.14. The lowest BCUT2D eigenvalue weighted by Crippen LogP contribution is -2.19. The minimum Gasteiger partial charge on any atom is -0.464 e. The number of hydrazone groups is 1. The molecular formula is C13H16Cl2N2O2. The molecule has 0 aliphatic heterocycles. The average molecular weight is 303 g/mol. The molecule has 1 rings (SSSR count). The van der Waals surface area contributed by atoms with Crippen molar-refractivity contribution in [2.24, 2.45) is 5.10 Å². The second-order valence-electron chi connectivity index (χ2n) is 4.13. The topological polar surface area (TPSA) is 52.9 Å². The molecule has 104 valence electrons. The second kappa shape index (κ2) is 7.36. The molecule has 0 saturated heterocycles. The van der Waals surface area contributed by atoms with Crippen LogP contribution < -0.4 is 0 Å². The van der Waals surface area contributed by atoms with E-state index in [-0.39, 0.29) is 5.92 Å². The normalized spacial score (nSPS) is 12.6. The van der Waals surface area contributed by atoms with Gasteiger partial charge < -0.3 is 5.11 Å². The van der Waals surface area contributed by atoms with E-state index in [1.807, 2.05) is 13.0 Å². The summed E-state index contributed by atoms with van der Waals surface area (Å²) in [5.41, 5.74) is 0.899. The summed E-state index contributed by atoms with van der Waals surface area (Å²) in [6.07, 6.45) is 2.27. The van der Waals surface area contributed by atoms with Gasteiger partial charge in [-0.3, -0.25) is 0 Å². The largest absolute Gasteiger partial charge is 0.464 e. The third-order valence-electron chi connectivity index (χ3n) is 2.66. The number of carboxylic acid groups (broad SMARTS) is 1. The van der Waals surface area contributed by atoms with Crippen molar-refractivity contribution in [1.29, 1.82) is 0 Å². The summed E-state index contributed by atoms with van der Waals surface area (Å²) in [5, 5.41) is 14.7. The van der Waals surface area contributed by atoms with Gasteiger partial charge in [0.1, 0.15) is 0 Å². The van der Waals surface area contributed by atoms with Crippen LogP contribution in [0.5, 0.6) is 0 Å². The zero-order valence-electron chi connectivity index (χ0n) is 10.8. The molecule has 0 saturated carbocycles. The molecule has 0 radical (unpaired) electrons. The number of amides is 1. The monoisotopic (exact) mass is 302 g/mol. The van der Waals surface area contributed by atoms with E-state index in [0.717, 1.165) is 23.4 Å². The summed E-state index contributed by atoms with van der Waals surface area (Å²) in [4.78, 5) is 10.7. The third-order valence-corrected chi connectivity index (χ3v) is 3.22. The van der Waals surface area contributed by atoms with E-state index >= 15 is 0 Å². The molecule has 1 amide bonds. The fourth-order valence-electron chi connectivity index (χ4n) is 1.65. The minimum atomic E-state index is -1.10. The lowest BCUT2D eigenvalue weighted by molar-refractivity contribution is 0.157. The van der Waals surface area contributed by atoms with Crippen LogP contribution in [0.1, 0.15) is 31.2 Å². The van der Waals surface area contributed by atoms with Crippen LogP contribution in [0.4, 0.5) is 4.79 Å². The van der Waals surface area contributed by atoms with Crippen LogP contribution in [0.15, 0.2) is 23.3 Å². The average Bonchev–Trinajstić information content (AvgIpc) is 2.34. The van der Waals surface area contributed by atoms with E-state index in [1.165, 1.54) is 7.05 Å². The van der Waals surface area contributed by atoms with Crippen molar-refractivity contribution in [1.82, 2.24) is 5.01 Å². The predicted octanol–water partition coefficient (Wildman–Crippen LogP) is 4.47. The van der Waals surface area contributed by atoms with Gasteiger partial charge in [0, 0.05) is 29.2 Å². The highest BCUT2D eigenvalue weighted by Crippen LogP contribution is 2.29. The summed E-state index contributed by atoms with van der Waals surface area (Å²) in [6.45, 7) is 2.05. The number of halogens is 2. The minimum absolute atomic E-state index is 0.0310. The van der Waals surface area contributed by atoms with Crippen molar-refractivity contribution in [3.05, 3.63) is 33.8 Å². The molecular weight excluding hydrogens is 287 g/mol. The number of hydrogen-bond donors (Lipinski definition) is 1. The Kier molecular flexibility index (Phi) is 6.12. The molecule has 0 aromatic heterocycles. The second-order valence-corrected chi connectivity index (χ2v) is 4.98. The molecule has 4 nitrogen and oxygen atoms in total. The quantitative estimate of drug-likeness (QED) is 0.644. The van der Waals surface area contributed by atoms with Crippen molar-refractivity contribution >= 4 is 35.5 Å². The smallest absolute Gasteiger partial charge is 0.427 e. The summed E-state index contributed by atoms with van der Waals surface area (Å²) in [7, 11) is 1.38. The molecule has 6 heteroatoms. The molecule has 1 N–H and O–H groups in total. The summed E-state index contributed by atoms with van der Waals surface area (Å²) in [6, 6.07) is 5.29. The van der Waals surface area contributed by atoms with E-state index in [4.69, 9.17) is 28.3 Å². The highest BCUT2D eigenvalue weighted by molar-refractivity contribution is 6.35. The Balaban J connectivity index is 2.97. The first-order valence-electron chi connectivity index (χ1n) is 5.91. The van der Waals surface area contributed by atoms with Gasteiger partial charge in [-0.25, -0.2) is 9.80 Å². The van der Waals surface area contributed by atoms with Crippen molar-refractivity contribution in [3.8, 4) is 0 Å². The highest BCUT2D eigenvalue weighted by atomic mass is 35.5. The maximum Gasteiger partial charge on any atom is 0.427 e. The van der Waals surface area contributed by atoms with E-state index < -0.39 is 6.09 Å². The van der Waals surface area contributed by atoms with Crippen LogP contribution in [0.3, 0.4) is 0 Å². The predicted molar refractivity (Wildman–Crippen MR) is 78.4 cm³/mol. The molecule has 1 atom stereocenters. The molecule has 1 aromatic carbocycles. The molecule has 0 aliphatic carbocycles. The van der Waals surface area contributed by atoms with Crippen LogP contribution in [-0.4, -0.2) is 29.5 Å². The van der Waals surface area contributed by atoms with Gasteiger partial charge in [-0.1, -0.05) is 42.6 Å². The lowest BCUT2D eigenvalue weighted by atomic mass is 9.96. The number of nitrogens with zero attached hydrogens (tertiary/aromatic N) is 2. The molecule has 0 bridgehead atoms. The van der Waals surface area contributed by atoms with Gasteiger partial charge in [0.2, 0.25) is 0 Å². The fraction of sp³-hybridized carbons (Fsp3) is 0.385. The molecule has 19 heavy (non-hydrogen) atoms. The summed E-state index contributed by atoms with van der Waals surface area (Å²) in [5.74, 6) is -0.0310. The molecule has 0 aliphatic rings. The standard InChI is InChI=1S/C13H16Cl2N2O2/c1-3-4-9(8-16-17(2)13(18)19)11-6-5-10(14)7-12(11)15/h5-9H,3-4H2,1-2H3,(H,18,19). The van der Waals surface area contributed by atoms with Crippen LogP contribution >= 0.6 is 23.2 Å². The van der Waals surface area contributed by atoms with Gasteiger partial charge in [-0.05, 0) is 24.1 Å². The third kappa shape index (κ3) is 4.73. The number of rotatable bonds is 5. The van der Waals surface area contributed by atoms with E-state index in [2.05, 4.69) is 5.10 Å². The number of benzene rings is 1. The first-order chi connectivity index (χ1) is 8.95. The van der Waals surface area contributed by atoms with E-state index in [0.29, 0.717) is 10.0 Å². The first-order valence-corrected chi connectivity index (χ1v) is 6.67. The number of carbonyl (C=O) groups is 1. The molecule has 1 aromatic rings. The Morgan fingerprint density at radius 3 is 2.74 bits per heavy atom. The maximum absolute atomic E-state index is 10.7. The fourth-order valence-corrected chi connectivity index (χ4v) is 2.20. The zero-order valence-corrected chi connectivity index (χ0v) is 12.3. The van der Waals surface area contributed by atoms with Crippen LogP contribution in [0.25, 0.3) is 0 Å².